The van der Waals surface area contributed by atoms with Crippen molar-refractivity contribution in [2.45, 2.75) is 26.4 Å². The Kier molecular flexibility index (Phi) is 6.96. The van der Waals surface area contributed by atoms with E-state index < -0.39 is 24.8 Å². The summed E-state index contributed by atoms with van der Waals surface area (Å²) in [5, 5.41) is 0.412. The van der Waals surface area contributed by atoms with E-state index in [1.807, 2.05) is 0 Å². The minimum Gasteiger partial charge on any atom is -0.462 e. The Morgan fingerprint density at radius 3 is 2.31 bits per heavy atom. The van der Waals surface area contributed by atoms with Crippen LogP contribution < -0.4 is 0 Å². The maximum atomic E-state index is 15.0. The number of carbonyl (C=O) groups excluding carboxylic acids is 1. The molecule has 0 atom stereocenters. The molecule has 0 aliphatic rings. The zero-order chi connectivity index (χ0) is 19.5. The first kappa shape index (κ1) is 21.4. The molecule has 26 heavy (non-hydrogen) atoms. The number of rotatable bonds is 8. The van der Waals surface area contributed by atoms with Gasteiger partial charge in [-0.15, -0.1) is 11.3 Å². The minimum absolute atomic E-state index is 0.0480. The van der Waals surface area contributed by atoms with E-state index in [2.05, 4.69) is 15.9 Å². The van der Waals surface area contributed by atoms with Crippen LogP contribution in [-0.2, 0) is 24.0 Å². The molecular formula is C16H18BrF2O5PS. The zero-order valence-corrected chi connectivity index (χ0v) is 17.7. The lowest BCUT2D eigenvalue weighted by Gasteiger charge is -2.26. The first-order valence-electron chi connectivity index (χ1n) is 7.87. The van der Waals surface area contributed by atoms with E-state index in [1.165, 1.54) is 32.0 Å². The normalized spacial score (nSPS) is 12.5. The second-order valence-corrected chi connectivity index (χ2v) is 9.09. The number of hydrogen-bond acceptors (Lipinski definition) is 6. The Morgan fingerprint density at radius 1 is 1.15 bits per heavy atom. The molecule has 0 radical (unpaired) electrons. The number of hydrogen-bond donors (Lipinski definition) is 0. The van der Waals surface area contributed by atoms with Crippen LogP contribution in [0.1, 0.15) is 36.0 Å². The quantitative estimate of drug-likeness (QED) is 0.341. The third kappa shape index (κ3) is 4.02. The van der Waals surface area contributed by atoms with Crippen LogP contribution in [0.15, 0.2) is 22.7 Å². The third-order valence-corrected chi connectivity index (χ3v) is 7.21. The summed E-state index contributed by atoms with van der Waals surface area (Å²) < 4.78 is 57.9. The van der Waals surface area contributed by atoms with Crippen LogP contribution in [0.3, 0.4) is 0 Å². The van der Waals surface area contributed by atoms with Crippen molar-refractivity contribution in [2.24, 2.45) is 0 Å². The lowest BCUT2D eigenvalue weighted by atomic mass is 10.1. The van der Waals surface area contributed by atoms with Gasteiger partial charge in [-0.1, -0.05) is 15.9 Å². The average molecular weight is 471 g/mol. The molecule has 0 spiro atoms. The van der Waals surface area contributed by atoms with Crippen molar-refractivity contribution < 1.29 is 31.9 Å². The van der Waals surface area contributed by atoms with Gasteiger partial charge in [0.2, 0.25) is 0 Å². The summed E-state index contributed by atoms with van der Waals surface area (Å²) in [6, 6.07) is 4.10. The molecule has 10 heteroatoms. The summed E-state index contributed by atoms with van der Waals surface area (Å²) in [7, 11) is -4.72. The molecule has 0 saturated heterocycles. The van der Waals surface area contributed by atoms with E-state index in [0.717, 1.165) is 11.3 Å². The topological polar surface area (TPSA) is 61.8 Å². The highest BCUT2D eigenvalue weighted by atomic mass is 79.9. The number of esters is 1. The van der Waals surface area contributed by atoms with Crippen LogP contribution in [0, 0.1) is 0 Å². The summed E-state index contributed by atoms with van der Waals surface area (Å²) >= 11 is 4.23. The molecule has 0 aliphatic carbocycles. The maximum absolute atomic E-state index is 15.0. The molecule has 144 valence electrons. The van der Waals surface area contributed by atoms with E-state index in [-0.39, 0.29) is 24.3 Å². The van der Waals surface area contributed by atoms with Crippen molar-refractivity contribution in [1.29, 1.82) is 0 Å². The largest absolute Gasteiger partial charge is 0.462 e. The maximum Gasteiger partial charge on any atom is 0.404 e. The Morgan fingerprint density at radius 2 is 1.77 bits per heavy atom. The van der Waals surface area contributed by atoms with Gasteiger partial charge < -0.3 is 13.8 Å². The third-order valence-electron chi connectivity index (χ3n) is 3.35. The number of fused-ring (bicyclic) bond motifs is 1. The van der Waals surface area contributed by atoms with E-state index in [1.54, 1.807) is 6.92 Å². The molecular weight excluding hydrogens is 453 g/mol. The Balaban J connectivity index is 2.55. The SMILES string of the molecule is CCOC(=O)c1cc2cc(C(F)(F)P(=O)(OCC)OCC)c(Br)cc2s1. The molecule has 0 bridgehead atoms. The summed E-state index contributed by atoms with van der Waals surface area (Å²) in [4.78, 5) is 12.2. The van der Waals surface area contributed by atoms with Crippen molar-refractivity contribution in [2.75, 3.05) is 19.8 Å². The van der Waals surface area contributed by atoms with E-state index >= 15 is 8.78 Å². The van der Waals surface area contributed by atoms with Gasteiger partial charge in [-0.2, -0.15) is 8.78 Å². The lowest BCUT2D eigenvalue weighted by Crippen LogP contribution is -2.19. The highest BCUT2D eigenvalue weighted by Crippen LogP contribution is 2.67. The van der Waals surface area contributed by atoms with E-state index in [9.17, 15) is 9.36 Å². The molecule has 0 N–H and O–H groups in total. The predicted octanol–water partition coefficient (Wildman–Crippen LogP) is 6.16. The molecule has 0 fully saturated rings. The molecule has 5 nitrogen and oxygen atoms in total. The van der Waals surface area contributed by atoms with Gasteiger partial charge >= 0.3 is 19.2 Å². The van der Waals surface area contributed by atoms with Crippen LogP contribution >= 0.6 is 34.9 Å². The van der Waals surface area contributed by atoms with Crippen LogP contribution in [-0.4, -0.2) is 25.8 Å². The molecule has 0 unspecified atom stereocenters. The number of benzene rings is 1. The molecule has 0 amide bonds. The number of halogens is 3. The van der Waals surface area contributed by atoms with Crippen LogP contribution in [0.2, 0.25) is 0 Å². The summed E-state index contributed by atoms with van der Waals surface area (Å²) in [5.74, 6) is -0.521. The van der Waals surface area contributed by atoms with Gasteiger partial charge in [0.05, 0.1) is 19.8 Å². The van der Waals surface area contributed by atoms with Gasteiger partial charge in [-0.3, -0.25) is 4.57 Å². The zero-order valence-electron chi connectivity index (χ0n) is 14.4. The van der Waals surface area contributed by atoms with Crippen LogP contribution in [0.25, 0.3) is 10.1 Å². The second kappa shape index (κ2) is 8.44. The molecule has 1 heterocycles. The Bertz CT molecular complexity index is 845. The van der Waals surface area contributed by atoms with Crippen molar-refractivity contribution in [1.82, 2.24) is 0 Å². The Labute approximate surface area is 162 Å². The smallest absolute Gasteiger partial charge is 0.404 e. The number of alkyl halides is 2. The fourth-order valence-electron chi connectivity index (χ4n) is 2.28. The summed E-state index contributed by atoms with van der Waals surface area (Å²) in [6.07, 6.45) is 0. The van der Waals surface area contributed by atoms with Crippen molar-refractivity contribution in [3.05, 3.63) is 33.1 Å². The van der Waals surface area contributed by atoms with Gasteiger partial charge in [0.15, 0.2) is 0 Å². The monoisotopic (exact) mass is 470 g/mol. The standard InChI is InChI=1S/C16H18BrF2O5PS/c1-4-22-15(20)14-8-10-7-11(12(17)9-13(10)26-14)16(18,19)25(21,23-5-2)24-6-3/h7-9H,4-6H2,1-3H3. The van der Waals surface area contributed by atoms with Gasteiger partial charge in [0.25, 0.3) is 0 Å². The van der Waals surface area contributed by atoms with Crippen molar-refractivity contribution >= 4 is 50.9 Å². The van der Waals surface area contributed by atoms with E-state index in [0.29, 0.717) is 15.0 Å². The fourth-order valence-corrected chi connectivity index (χ4v) is 5.72. The Hall–Kier alpha value is -0.860. The second-order valence-electron chi connectivity index (χ2n) is 5.08. The molecule has 2 aromatic rings. The number of carbonyl (C=O) groups is 1. The van der Waals surface area contributed by atoms with Gasteiger partial charge in [0, 0.05) is 14.7 Å². The van der Waals surface area contributed by atoms with Crippen LogP contribution in [0.4, 0.5) is 8.78 Å². The fraction of sp³-hybridized carbons (Fsp3) is 0.438. The molecule has 1 aromatic carbocycles. The summed E-state index contributed by atoms with van der Waals surface area (Å²) in [5.41, 5.74) is -4.39. The number of ether oxygens (including phenoxy) is 1. The minimum atomic E-state index is -4.72. The highest BCUT2D eigenvalue weighted by molar-refractivity contribution is 9.10. The molecule has 1 aromatic heterocycles. The van der Waals surface area contributed by atoms with Gasteiger partial charge in [-0.25, -0.2) is 4.79 Å². The van der Waals surface area contributed by atoms with Gasteiger partial charge in [-0.05, 0) is 44.4 Å². The van der Waals surface area contributed by atoms with Crippen molar-refractivity contribution in [3.63, 3.8) is 0 Å². The van der Waals surface area contributed by atoms with Gasteiger partial charge in [0.1, 0.15) is 4.88 Å². The van der Waals surface area contributed by atoms with Crippen LogP contribution in [0.5, 0.6) is 0 Å². The number of thiophene rings is 1. The predicted molar refractivity (Wildman–Crippen MR) is 100 cm³/mol. The molecule has 0 aliphatic heterocycles. The first-order valence-corrected chi connectivity index (χ1v) is 11.0. The van der Waals surface area contributed by atoms with Crippen molar-refractivity contribution in [3.8, 4) is 0 Å². The molecule has 0 saturated carbocycles. The average Bonchev–Trinajstić information content (AvgIpc) is 2.97. The first-order chi connectivity index (χ1) is 12.2. The summed E-state index contributed by atoms with van der Waals surface area (Å²) in [6.45, 7) is 4.46. The lowest BCUT2D eigenvalue weighted by molar-refractivity contribution is 0.0356. The highest BCUT2D eigenvalue weighted by Gasteiger charge is 2.55. The van der Waals surface area contributed by atoms with E-state index in [4.69, 9.17) is 13.8 Å². The molecule has 2 rings (SSSR count).